The first-order valence-electron chi connectivity index (χ1n) is 11.6. The molecule has 1 aromatic heterocycles. The lowest BCUT2D eigenvalue weighted by atomic mass is 10.2. The van der Waals surface area contributed by atoms with Crippen molar-refractivity contribution in [1.29, 1.82) is 0 Å². The number of hydrogen-bond acceptors (Lipinski definition) is 6. The molecule has 0 radical (unpaired) electrons. The van der Waals surface area contributed by atoms with E-state index in [2.05, 4.69) is 20.8 Å². The number of carbonyl (C=O) groups excluding carboxylic acids is 1. The molecule has 0 saturated heterocycles. The largest absolute Gasteiger partial charge is 0.495 e. The van der Waals surface area contributed by atoms with Crippen molar-refractivity contribution in [3.8, 4) is 17.2 Å². The molecule has 0 aliphatic rings. The van der Waals surface area contributed by atoms with Gasteiger partial charge in [0.2, 0.25) is 0 Å². The van der Waals surface area contributed by atoms with E-state index in [9.17, 15) is 4.79 Å². The van der Waals surface area contributed by atoms with Crippen LogP contribution in [-0.4, -0.2) is 33.1 Å². The molecule has 2 N–H and O–H groups in total. The molecule has 8 nitrogen and oxygen atoms in total. The van der Waals surface area contributed by atoms with Gasteiger partial charge in [-0.05, 0) is 72.4 Å². The summed E-state index contributed by atoms with van der Waals surface area (Å²) in [5.41, 5.74) is 4.14. The number of anilines is 1. The maximum absolute atomic E-state index is 12.8. The molecule has 190 valence electrons. The average molecular weight is 544 g/mol. The topological polar surface area (TPSA) is 90.3 Å². The van der Waals surface area contributed by atoms with Crippen molar-refractivity contribution < 1.29 is 14.3 Å². The zero-order chi connectivity index (χ0) is 26.5. The van der Waals surface area contributed by atoms with Gasteiger partial charge in [0.15, 0.2) is 5.11 Å². The number of rotatable bonds is 7. The summed E-state index contributed by atoms with van der Waals surface area (Å²) in [6.45, 7) is 0.407. The lowest BCUT2D eigenvalue weighted by Gasteiger charge is -2.11. The van der Waals surface area contributed by atoms with Gasteiger partial charge in [0.05, 0.1) is 17.8 Å². The quantitative estimate of drug-likeness (QED) is 0.251. The van der Waals surface area contributed by atoms with E-state index in [0.29, 0.717) is 51.1 Å². The number of hydrogen-bond donors (Lipinski definition) is 2. The molecule has 0 aliphatic heterocycles. The van der Waals surface area contributed by atoms with Gasteiger partial charge in [0.25, 0.3) is 5.91 Å². The number of amides is 1. The van der Waals surface area contributed by atoms with Crippen LogP contribution in [0.4, 0.5) is 5.69 Å². The Morgan fingerprint density at radius 2 is 1.76 bits per heavy atom. The summed E-state index contributed by atoms with van der Waals surface area (Å²) < 4.78 is 11.0. The van der Waals surface area contributed by atoms with Gasteiger partial charge in [0, 0.05) is 11.3 Å². The SMILES string of the molecule is COc1ccc(-n2nc3ccc(NC(=S)NC(=O)c4cccc(OCc5ccccc5)c4)cc3n2)cc1Cl. The zero-order valence-electron chi connectivity index (χ0n) is 20.2. The van der Waals surface area contributed by atoms with E-state index in [1.165, 1.54) is 4.80 Å². The lowest BCUT2D eigenvalue weighted by Crippen LogP contribution is -2.34. The van der Waals surface area contributed by atoms with Gasteiger partial charge >= 0.3 is 0 Å². The standard InChI is InChI=1S/C28H22ClN5O3S/c1-36-26-13-11-21(16-23(26)29)34-32-24-12-10-20(15-25(24)33-34)30-28(38)31-27(35)19-8-5-9-22(14-19)37-17-18-6-3-2-4-7-18/h2-16H,17H2,1H3,(H2,30,31,35,38). The molecular weight excluding hydrogens is 522 g/mol. The molecule has 5 aromatic rings. The highest BCUT2D eigenvalue weighted by Gasteiger charge is 2.12. The van der Waals surface area contributed by atoms with Crippen molar-refractivity contribution in [1.82, 2.24) is 20.3 Å². The molecule has 38 heavy (non-hydrogen) atoms. The van der Waals surface area contributed by atoms with Gasteiger partial charge < -0.3 is 14.8 Å². The number of aromatic nitrogens is 3. The normalized spacial score (nSPS) is 10.7. The number of thiocarbonyl (C=S) groups is 1. The summed E-state index contributed by atoms with van der Waals surface area (Å²) in [6.07, 6.45) is 0. The second kappa shape index (κ2) is 11.3. The number of carbonyl (C=O) groups is 1. The molecule has 5 rings (SSSR count). The van der Waals surface area contributed by atoms with E-state index in [1.807, 2.05) is 42.5 Å². The zero-order valence-corrected chi connectivity index (χ0v) is 21.8. The first kappa shape index (κ1) is 25.2. The summed E-state index contributed by atoms with van der Waals surface area (Å²) in [5.74, 6) is 0.809. The third-order valence-corrected chi connectivity index (χ3v) is 6.08. The van der Waals surface area contributed by atoms with Crippen molar-refractivity contribution in [3.63, 3.8) is 0 Å². The molecule has 1 amide bonds. The van der Waals surface area contributed by atoms with Crippen LogP contribution in [0, 0.1) is 0 Å². The van der Waals surface area contributed by atoms with Crippen molar-refractivity contribution in [2.45, 2.75) is 6.61 Å². The van der Waals surface area contributed by atoms with E-state index in [-0.39, 0.29) is 11.0 Å². The van der Waals surface area contributed by atoms with Gasteiger partial charge in [0.1, 0.15) is 29.1 Å². The Labute approximate surface area is 229 Å². The molecule has 0 aliphatic carbocycles. The van der Waals surface area contributed by atoms with Crippen LogP contribution in [0.3, 0.4) is 0 Å². The van der Waals surface area contributed by atoms with Crippen molar-refractivity contribution >= 4 is 51.6 Å². The van der Waals surface area contributed by atoms with E-state index in [1.54, 1.807) is 55.6 Å². The Morgan fingerprint density at radius 1 is 0.947 bits per heavy atom. The van der Waals surface area contributed by atoms with E-state index in [4.69, 9.17) is 33.3 Å². The third-order valence-electron chi connectivity index (χ3n) is 5.58. The molecule has 1 heterocycles. The fourth-order valence-electron chi connectivity index (χ4n) is 3.69. The first-order chi connectivity index (χ1) is 18.5. The summed E-state index contributed by atoms with van der Waals surface area (Å²) in [6, 6.07) is 27.5. The maximum Gasteiger partial charge on any atom is 0.257 e. The minimum atomic E-state index is -0.351. The Hall–Kier alpha value is -4.47. The van der Waals surface area contributed by atoms with E-state index < -0.39 is 0 Å². The Balaban J connectivity index is 1.22. The number of ether oxygens (including phenoxy) is 2. The number of nitrogens with one attached hydrogen (secondary N) is 2. The number of fused-ring (bicyclic) bond motifs is 1. The fraction of sp³-hybridized carbons (Fsp3) is 0.0714. The second-order valence-electron chi connectivity index (χ2n) is 8.22. The molecule has 4 aromatic carbocycles. The molecule has 10 heteroatoms. The van der Waals surface area contributed by atoms with Crippen LogP contribution in [0.25, 0.3) is 16.7 Å². The highest BCUT2D eigenvalue weighted by molar-refractivity contribution is 7.80. The molecule has 0 fully saturated rings. The lowest BCUT2D eigenvalue weighted by molar-refractivity contribution is 0.0977. The number of halogens is 1. The van der Waals surface area contributed by atoms with Crippen molar-refractivity contribution in [3.05, 3.63) is 107 Å². The molecule has 0 unspecified atom stereocenters. The van der Waals surface area contributed by atoms with Crippen molar-refractivity contribution in [2.75, 3.05) is 12.4 Å². The van der Waals surface area contributed by atoms with Crippen LogP contribution < -0.4 is 20.1 Å². The van der Waals surface area contributed by atoms with Crippen LogP contribution in [0.2, 0.25) is 5.02 Å². The van der Waals surface area contributed by atoms with Crippen LogP contribution in [0.5, 0.6) is 11.5 Å². The average Bonchev–Trinajstić information content (AvgIpc) is 3.36. The minimum absolute atomic E-state index is 0.152. The minimum Gasteiger partial charge on any atom is -0.495 e. The summed E-state index contributed by atoms with van der Waals surface area (Å²) in [4.78, 5) is 14.3. The van der Waals surface area contributed by atoms with Crippen LogP contribution in [-0.2, 0) is 6.61 Å². The van der Waals surface area contributed by atoms with Gasteiger partial charge in [-0.3, -0.25) is 10.1 Å². The number of nitrogens with zero attached hydrogens (tertiary/aromatic N) is 3. The predicted octanol–water partition coefficient (Wildman–Crippen LogP) is 5.79. The fourth-order valence-corrected chi connectivity index (χ4v) is 4.16. The molecule has 0 saturated carbocycles. The van der Waals surface area contributed by atoms with Crippen LogP contribution in [0.15, 0.2) is 91.0 Å². The van der Waals surface area contributed by atoms with Crippen LogP contribution in [0.1, 0.15) is 15.9 Å². The van der Waals surface area contributed by atoms with Gasteiger partial charge in [-0.2, -0.15) is 4.80 Å². The third kappa shape index (κ3) is 5.91. The number of benzene rings is 4. The maximum atomic E-state index is 12.8. The van der Waals surface area contributed by atoms with Crippen molar-refractivity contribution in [2.24, 2.45) is 0 Å². The Kier molecular flexibility index (Phi) is 7.48. The van der Waals surface area contributed by atoms with Gasteiger partial charge in [-0.25, -0.2) is 0 Å². The smallest absolute Gasteiger partial charge is 0.257 e. The summed E-state index contributed by atoms with van der Waals surface area (Å²) in [5, 5.41) is 15.4. The first-order valence-corrected chi connectivity index (χ1v) is 12.4. The second-order valence-corrected chi connectivity index (χ2v) is 9.04. The molecular formula is C28H22ClN5O3S. The Bertz CT molecular complexity index is 1620. The predicted molar refractivity (Wildman–Crippen MR) is 151 cm³/mol. The van der Waals surface area contributed by atoms with Gasteiger partial charge in [-0.15, -0.1) is 10.2 Å². The van der Waals surface area contributed by atoms with E-state index >= 15 is 0 Å². The highest BCUT2D eigenvalue weighted by atomic mass is 35.5. The molecule has 0 spiro atoms. The van der Waals surface area contributed by atoms with E-state index in [0.717, 1.165) is 5.56 Å². The monoisotopic (exact) mass is 543 g/mol. The highest BCUT2D eigenvalue weighted by Crippen LogP contribution is 2.27. The molecule has 0 atom stereocenters. The Morgan fingerprint density at radius 3 is 2.55 bits per heavy atom. The van der Waals surface area contributed by atoms with Gasteiger partial charge in [-0.1, -0.05) is 48.0 Å². The summed E-state index contributed by atoms with van der Waals surface area (Å²) in [7, 11) is 1.56. The van der Waals surface area contributed by atoms with Crippen LogP contribution >= 0.6 is 23.8 Å². The number of methoxy groups -OCH3 is 1. The summed E-state index contributed by atoms with van der Waals surface area (Å²) >= 11 is 11.6. The molecule has 0 bridgehead atoms.